The van der Waals surface area contributed by atoms with Crippen molar-refractivity contribution in [1.82, 2.24) is 24.1 Å². The topological polar surface area (TPSA) is 79.3 Å². The highest BCUT2D eigenvalue weighted by molar-refractivity contribution is 7.87. The molecule has 1 fully saturated rings. The number of piperidine rings is 1. The summed E-state index contributed by atoms with van der Waals surface area (Å²) < 4.78 is 30.9. The van der Waals surface area contributed by atoms with Crippen molar-refractivity contribution in [3.8, 4) is 0 Å². The molecular formula is C13H25N5O2S. The van der Waals surface area contributed by atoms with Gasteiger partial charge in [-0.15, -0.1) is 0 Å². The van der Waals surface area contributed by atoms with Crippen LogP contribution in [0, 0.1) is 6.92 Å². The first-order valence-corrected chi connectivity index (χ1v) is 8.87. The van der Waals surface area contributed by atoms with E-state index in [1.165, 1.54) is 0 Å². The molecule has 2 rings (SSSR count). The Bertz CT molecular complexity index is 541. The average molecular weight is 315 g/mol. The summed E-state index contributed by atoms with van der Waals surface area (Å²) >= 11 is 0. The third-order valence-electron chi connectivity index (χ3n) is 3.71. The molecule has 0 amide bonds. The first kappa shape index (κ1) is 16.4. The lowest BCUT2D eigenvalue weighted by Crippen LogP contribution is -2.52. The summed E-state index contributed by atoms with van der Waals surface area (Å²) in [5.74, 6) is 0. The van der Waals surface area contributed by atoms with Crippen LogP contribution in [0.5, 0.6) is 0 Å². The Kier molecular flexibility index (Phi) is 5.74. The SMILES string of the molecule is CNCC1CCCCN1S(=O)(=O)NCCn1cc(C)cn1. The van der Waals surface area contributed by atoms with E-state index in [0.717, 1.165) is 24.8 Å². The second-order valence-electron chi connectivity index (χ2n) is 5.50. The molecule has 1 saturated heterocycles. The van der Waals surface area contributed by atoms with Gasteiger partial charge in [-0.1, -0.05) is 6.42 Å². The van der Waals surface area contributed by atoms with Crippen LogP contribution in [0.25, 0.3) is 0 Å². The zero-order valence-electron chi connectivity index (χ0n) is 12.7. The maximum atomic E-state index is 12.4. The summed E-state index contributed by atoms with van der Waals surface area (Å²) in [4.78, 5) is 0. The summed E-state index contributed by atoms with van der Waals surface area (Å²) in [6.45, 7) is 4.15. The number of aromatic nitrogens is 2. The number of rotatable bonds is 7. The van der Waals surface area contributed by atoms with E-state index in [-0.39, 0.29) is 6.04 Å². The molecule has 0 radical (unpaired) electrons. The van der Waals surface area contributed by atoms with Crippen LogP contribution < -0.4 is 10.0 Å². The minimum Gasteiger partial charge on any atom is -0.318 e. The second-order valence-corrected chi connectivity index (χ2v) is 7.21. The van der Waals surface area contributed by atoms with Gasteiger partial charge >= 0.3 is 0 Å². The highest BCUT2D eigenvalue weighted by Crippen LogP contribution is 2.19. The Labute approximate surface area is 126 Å². The molecule has 0 aliphatic carbocycles. The molecule has 1 aromatic heterocycles. The number of nitrogens with one attached hydrogen (secondary N) is 2. The van der Waals surface area contributed by atoms with Crippen molar-refractivity contribution in [2.45, 2.75) is 38.8 Å². The summed E-state index contributed by atoms with van der Waals surface area (Å²) in [5.41, 5.74) is 1.07. The van der Waals surface area contributed by atoms with E-state index in [1.54, 1.807) is 15.2 Å². The molecule has 1 atom stereocenters. The van der Waals surface area contributed by atoms with E-state index >= 15 is 0 Å². The average Bonchev–Trinajstić information content (AvgIpc) is 2.85. The molecule has 1 aliphatic rings. The molecule has 0 saturated carbocycles. The normalized spacial score (nSPS) is 20.8. The van der Waals surface area contributed by atoms with Gasteiger partial charge in [0, 0.05) is 31.9 Å². The molecule has 1 aliphatic heterocycles. The molecule has 0 aromatic carbocycles. The van der Waals surface area contributed by atoms with Crippen molar-refractivity contribution in [1.29, 1.82) is 0 Å². The molecule has 21 heavy (non-hydrogen) atoms. The summed E-state index contributed by atoms with van der Waals surface area (Å²) in [7, 11) is -1.56. The molecule has 0 spiro atoms. The standard InChI is InChI=1S/C13H25N5O2S/c1-12-9-15-17(11-12)8-6-16-21(19,20)18-7-4-3-5-13(18)10-14-2/h9,11,13-14,16H,3-8,10H2,1-2H3. The van der Waals surface area contributed by atoms with Gasteiger partial charge in [0.1, 0.15) is 0 Å². The van der Waals surface area contributed by atoms with Crippen molar-refractivity contribution in [3.63, 3.8) is 0 Å². The highest BCUT2D eigenvalue weighted by atomic mass is 32.2. The van der Waals surface area contributed by atoms with Gasteiger partial charge in [-0.3, -0.25) is 4.68 Å². The summed E-state index contributed by atoms with van der Waals surface area (Å²) in [6, 6.07) is 0.0493. The van der Waals surface area contributed by atoms with Crippen LogP contribution in [0.15, 0.2) is 12.4 Å². The van der Waals surface area contributed by atoms with Gasteiger partial charge in [0.2, 0.25) is 0 Å². The van der Waals surface area contributed by atoms with Crippen LogP contribution in [-0.4, -0.2) is 55.2 Å². The lowest BCUT2D eigenvalue weighted by molar-refractivity contribution is 0.246. The first-order chi connectivity index (χ1) is 10.0. The third kappa shape index (κ3) is 4.50. The van der Waals surface area contributed by atoms with E-state index in [1.807, 2.05) is 20.2 Å². The molecular weight excluding hydrogens is 290 g/mol. The van der Waals surface area contributed by atoms with Crippen molar-refractivity contribution < 1.29 is 8.42 Å². The van der Waals surface area contributed by atoms with Crippen LogP contribution in [-0.2, 0) is 16.8 Å². The van der Waals surface area contributed by atoms with Crippen molar-refractivity contribution in [2.24, 2.45) is 0 Å². The van der Waals surface area contributed by atoms with Crippen molar-refractivity contribution in [3.05, 3.63) is 18.0 Å². The Morgan fingerprint density at radius 1 is 1.43 bits per heavy atom. The molecule has 120 valence electrons. The van der Waals surface area contributed by atoms with Crippen molar-refractivity contribution in [2.75, 3.05) is 26.7 Å². The highest BCUT2D eigenvalue weighted by Gasteiger charge is 2.31. The molecule has 8 heteroatoms. The number of nitrogens with zero attached hydrogens (tertiary/aromatic N) is 3. The molecule has 0 bridgehead atoms. The summed E-state index contributed by atoms with van der Waals surface area (Å²) in [5, 5.41) is 7.23. The van der Waals surface area contributed by atoms with E-state index in [4.69, 9.17) is 0 Å². The maximum Gasteiger partial charge on any atom is 0.279 e. The number of hydrogen-bond donors (Lipinski definition) is 2. The minimum atomic E-state index is -3.42. The minimum absolute atomic E-state index is 0.0493. The zero-order chi connectivity index (χ0) is 15.3. The van der Waals surface area contributed by atoms with Gasteiger partial charge in [0.05, 0.1) is 12.7 Å². The Morgan fingerprint density at radius 2 is 2.24 bits per heavy atom. The third-order valence-corrected chi connectivity index (χ3v) is 5.38. The largest absolute Gasteiger partial charge is 0.318 e. The fraction of sp³-hybridized carbons (Fsp3) is 0.769. The monoisotopic (exact) mass is 315 g/mol. The van der Waals surface area contributed by atoms with Gasteiger partial charge in [-0.05, 0) is 32.4 Å². The van der Waals surface area contributed by atoms with Crippen LogP contribution in [0.4, 0.5) is 0 Å². The molecule has 1 aromatic rings. The zero-order valence-corrected chi connectivity index (χ0v) is 13.6. The molecule has 2 heterocycles. The first-order valence-electron chi connectivity index (χ1n) is 7.43. The van der Waals surface area contributed by atoms with E-state index in [2.05, 4.69) is 15.1 Å². The van der Waals surface area contributed by atoms with Crippen LogP contribution in [0.3, 0.4) is 0 Å². The maximum absolute atomic E-state index is 12.4. The number of hydrogen-bond acceptors (Lipinski definition) is 4. The predicted octanol–water partition coefficient (Wildman–Crippen LogP) is 0.0998. The Morgan fingerprint density at radius 3 is 2.90 bits per heavy atom. The van der Waals surface area contributed by atoms with E-state index in [0.29, 0.717) is 26.2 Å². The predicted molar refractivity (Wildman–Crippen MR) is 82.2 cm³/mol. The smallest absolute Gasteiger partial charge is 0.279 e. The molecule has 2 N–H and O–H groups in total. The van der Waals surface area contributed by atoms with Gasteiger partial charge in [-0.25, -0.2) is 4.72 Å². The van der Waals surface area contributed by atoms with Crippen LogP contribution >= 0.6 is 0 Å². The lowest BCUT2D eigenvalue weighted by Gasteiger charge is -2.34. The van der Waals surface area contributed by atoms with Crippen molar-refractivity contribution >= 4 is 10.2 Å². The Hall–Kier alpha value is -0.960. The Balaban J connectivity index is 1.90. The molecule has 7 nitrogen and oxygen atoms in total. The summed E-state index contributed by atoms with van der Waals surface area (Å²) in [6.07, 6.45) is 6.60. The quantitative estimate of drug-likeness (QED) is 0.748. The lowest BCUT2D eigenvalue weighted by atomic mass is 10.1. The fourth-order valence-electron chi connectivity index (χ4n) is 2.69. The van der Waals surface area contributed by atoms with Gasteiger partial charge < -0.3 is 5.32 Å². The van der Waals surface area contributed by atoms with Gasteiger partial charge in [0.25, 0.3) is 10.2 Å². The fourth-order valence-corrected chi connectivity index (χ4v) is 4.15. The number of aryl methyl sites for hydroxylation is 1. The van der Waals surface area contributed by atoms with E-state index < -0.39 is 10.2 Å². The van der Waals surface area contributed by atoms with Gasteiger partial charge in [0.15, 0.2) is 0 Å². The van der Waals surface area contributed by atoms with Crippen LogP contribution in [0.1, 0.15) is 24.8 Å². The number of likely N-dealkylation sites (N-methyl/N-ethyl adjacent to an activating group) is 1. The second kappa shape index (κ2) is 7.35. The van der Waals surface area contributed by atoms with Crippen LogP contribution in [0.2, 0.25) is 0 Å². The molecule has 1 unspecified atom stereocenters. The van der Waals surface area contributed by atoms with Gasteiger partial charge in [-0.2, -0.15) is 17.8 Å². The van der Waals surface area contributed by atoms with E-state index in [9.17, 15) is 8.42 Å².